The summed E-state index contributed by atoms with van der Waals surface area (Å²) in [5, 5.41) is 48.2. The zero-order valence-corrected chi connectivity index (χ0v) is 68.5. The molecule has 2 fully saturated rings. The summed E-state index contributed by atoms with van der Waals surface area (Å²) in [4.78, 5) is 226. The molecule has 650 valence electrons. The van der Waals surface area contributed by atoms with Crippen molar-refractivity contribution in [2.75, 3.05) is 26.2 Å². The van der Waals surface area contributed by atoms with E-state index in [4.69, 9.17) is 22.9 Å². The van der Waals surface area contributed by atoms with E-state index in [2.05, 4.69) is 73.1 Å². The number of phenolic OH excluding ortho intramolecular Hbond substituents is 1. The Morgan fingerprint density at radius 2 is 0.958 bits per heavy atom. The van der Waals surface area contributed by atoms with Gasteiger partial charge in [-0.05, 0) is 143 Å². The van der Waals surface area contributed by atoms with Crippen LogP contribution in [0.5, 0.6) is 5.75 Å². The van der Waals surface area contributed by atoms with Crippen molar-refractivity contribution in [2.45, 2.75) is 236 Å². The first-order valence-corrected chi connectivity index (χ1v) is 41.0. The van der Waals surface area contributed by atoms with E-state index in [0.29, 0.717) is 55.3 Å². The number of benzene rings is 3. The standard InChI is InChI=1S/C83H116N20O17/c1-6-7-18-58(73(109)101-66(83(119)120)37-48-24-26-52(104)27-25-48)95-80(116)68-23-15-34-103(68)82(118)61(29-31-70(87)106)93-71(107)44-91-79(115)67-22-14-33-102(67)81(117)60(21-12-13-32-84)96-76(112)63(36-47(4)5)98-74(110)59(28-30-69(86)105)94-75(111)62(35-46(2)3)99-77(113)64(39-50-42-90-57-20-11-9-17-54(50)57)100-78(114)65(40-51-43-88-45-92-51)97-72(108)55(85)38-49-41-89-56-19-10-8-16-53(49)56/h8-11,16-17,19-20,24-27,41-43,45-47,55,58-68,89-90,104H,6-7,12-15,18,21-23,28-40,44,84-85H2,1-5H3,(H2,86,105)(H2,87,106)(H,88,92)(H,91,115)(H,93,107)(H,94,111)(H,95,116)(H,96,112)(H,97,108)(H,98,110)(H,99,113)(H,100,114)(H,101,109)(H,119,120)/t55-,58-,59-,60-,61-,62-,63-,64-,65-,66-,67-,68-/m0/s1. The number of aromatic amines is 3. The van der Waals surface area contributed by atoms with Gasteiger partial charge in [0.15, 0.2) is 0 Å². The minimum Gasteiger partial charge on any atom is -0.508 e. The molecule has 0 bridgehead atoms. The van der Waals surface area contributed by atoms with Gasteiger partial charge in [-0.15, -0.1) is 0 Å². The van der Waals surface area contributed by atoms with E-state index in [1.807, 2.05) is 49.4 Å². The number of carbonyl (C=O) groups is 15. The van der Waals surface area contributed by atoms with Crippen LogP contribution in [-0.2, 0) is 97.6 Å². The van der Waals surface area contributed by atoms with Crippen molar-refractivity contribution >= 4 is 110 Å². The highest BCUT2D eigenvalue weighted by molar-refractivity contribution is 6.01. The molecule has 0 saturated carbocycles. The predicted octanol–water partition coefficient (Wildman–Crippen LogP) is 0.164. The Bertz CT molecular complexity index is 4550. The summed E-state index contributed by atoms with van der Waals surface area (Å²) in [5.74, 6) is -13.2. The predicted molar refractivity (Wildman–Crippen MR) is 442 cm³/mol. The van der Waals surface area contributed by atoms with Gasteiger partial charge in [0.05, 0.1) is 24.6 Å². The molecular weight excluding hydrogens is 1550 g/mol. The van der Waals surface area contributed by atoms with Crippen LogP contribution in [0.3, 0.4) is 0 Å². The van der Waals surface area contributed by atoms with Crippen molar-refractivity contribution in [3.8, 4) is 5.75 Å². The number of likely N-dealkylation sites (tertiary alicyclic amines) is 2. The SMILES string of the molecule is CCCC[C@H](NC(=O)[C@@H]1CCCN1C(=O)[C@H](CCC(N)=O)NC(=O)CNC(=O)[C@@H]1CCCN1C(=O)[C@H](CCCCN)NC(=O)[C@H](CC(C)C)NC(=O)[C@H](CCC(N)=O)NC(=O)[C@H](CC(C)C)NC(=O)[C@H](Cc1c[nH]c2ccccc12)NC(=O)[C@H](Cc1c[nH]cn1)NC(=O)[C@@H](N)Cc1c[nH]c2ccccc12)C(=O)N[C@@H](Cc1ccc(O)cc1)C(=O)O. The number of hydrogen-bond donors (Lipinski definition) is 19. The van der Waals surface area contributed by atoms with Crippen LogP contribution >= 0.6 is 0 Å². The molecule has 0 unspecified atom stereocenters. The molecule has 120 heavy (non-hydrogen) atoms. The van der Waals surface area contributed by atoms with Crippen molar-refractivity contribution in [2.24, 2.45) is 34.8 Å². The van der Waals surface area contributed by atoms with Gasteiger partial charge in [0, 0.05) is 85.6 Å². The maximum atomic E-state index is 15.1. The summed E-state index contributed by atoms with van der Waals surface area (Å²) in [7, 11) is 0. The number of fused-ring (bicyclic) bond motifs is 2. The number of carboxylic acids is 1. The van der Waals surface area contributed by atoms with Crippen molar-refractivity contribution in [3.63, 3.8) is 0 Å². The molecule has 3 aromatic carbocycles. The summed E-state index contributed by atoms with van der Waals surface area (Å²) in [6.45, 7) is 8.51. The van der Waals surface area contributed by atoms with Gasteiger partial charge in [-0.3, -0.25) is 67.1 Å². The Hall–Kier alpha value is -12.3. The molecule has 37 nitrogen and oxygen atoms in total. The summed E-state index contributed by atoms with van der Waals surface area (Å²) in [5.41, 5.74) is 27.4. The highest BCUT2D eigenvalue weighted by atomic mass is 16.4. The van der Waals surface area contributed by atoms with Crippen LogP contribution in [0.4, 0.5) is 0 Å². The molecule has 8 rings (SSSR count). The van der Waals surface area contributed by atoms with Crippen molar-refractivity contribution in [1.82, 2.24) is 82.9 Å². The second-order valence-corrected chi connectivity index (χ2v) is 31.6. The number of aliphatic carboxylic acids is 1. The highest BCUT2D eigenvalue weighted by Gasteiger charge is 2.43. The van der Waals surface area contributed by atoms with Gasteiger partial charge in [0.2, 0.25) is 82.7 Å². The molecule has 12 atom stereocenters. The number of para-hydroxylation sites is 2. The van der Waals surface area contributed by atoms with E-state index in [1.165, 1.54) is 40.4 Å². The number of nitrogens with two attached hydrogens (primary N) is 4. The topological polar surface area (TPSA) is 588 Å². The van der Waals surface area contributed by atoms with E-state index in [1.54, 1.807) is 52.4 Å². The average Bonchev–Trinajstić information content (AvgIpc) is 1.67. The number of amides is 14. The summed E-state index contributed by atoms with van der Waals surface area (Å²) >= 11 is 0. The molecule has 2 aliphatic heterocycles. The van der Waals surface area contributed by atoms with Crippen LogP contribution < -0.4 is 76.1 Å². The molecule has 0 aliphatic carbocycles. The van der Waals surface area contributed by atoms with Crippen LogP contribution in [0, 0.1) is 11.8 Å². The maximum absolute atomic E-state index is 15.1. The smallest absolute Gasteiger partial charge is 0.326 e. The Morgan fingerprint density at radius 1 is 0.500 bits per heavy atom. The lowest BCUT2D eigenvalue weighted by atomic mass is 9.99. The minimum atomic E-state index is -1.58. The summed E-state index contributed by atoms with van der Waals surface area (Å²) in [6.07, 6.45) is 7.31. The third-order valence-electron chi connectivity index (χ3n) is 21.2. The number of imidazole rings is 1. The molecule has 0 spiro atoms. The van der Waals surface area contributed by atoms with E-state index in [0.717, 1.165) is 27.4 Å². The fourth-order valence-electron chi connectivity index (χ4n) is 14.9. The van der Waals surface area contributed by atoms with Crippen molar-refractivity contribution in [1.29, 1.82) is 0 Å². The van der Waals surface area contributed by atoms with Gasteiger partial charge >= 0.3 is 5.97 Å². The number of primary amides is 2. The second kappa shape index (κ2) is 45.6. The number of H-pyrrole nitrogens is 3. The molecule has 0 radical (unpaired) electrons. The normalized spacial score (nSPS) is 16.4. The molecule has 14 amide bonds. The fraction of sp³-hybridized carbons (Fsp3) is 0.518. The molecule has 3 aromatic heterocycles. The number of aromatic nitrogens is 4. The van der Waals surface area contributed by atoms with Gasteiger partial charge < -0.3 is 111 Å². The van der Waals surface area contributed by atoms with Gasteiger partial charge in [-0.1, -0.05) is 96.0 Å². The zero-order chi connectivity index (χ0) is 87.3. The molecular formula is C83H116N20O17. The molecule has 5 heterocycles. The van der Waals surface area contributed by atoms with Gasteiger partial charge in [0.25, 0.3) is 0 Å². The Morgan fingerprint density at radius 3 is 1.48 bits per heavy atom. The third-order valence-corrected chi connectivity index (χ3v) is 21.2. The van der Waals surface area contributed by atoms with E-state index in [9.17, 15) is 77.3 Å². The lowest BCUT2D eigenvalue weighted by Crippen LogP contribution is -2.61. The number of aromatic hydroxyl groups is 1. The number of hydrogen-bond acceptors (Lipinski definition) is 19. The summed E-state index contributed by atoms with van der Waals surface area (Å²) in [6, 6.07) is 4.51. The van der Waals surface area contributed by atoms with Crippen LogP contribution in [0.2, 0.25) is 0 Å². The van der Waals surface area contributed by atoms with Crippen molar-refractivity contribution < 1.29 is 82.1 Å². The highest BCUT2D eigenvalue weighted by Crippen LogP contribution is 2.26. The second-order valence-electron chi connectivity index (χ2n) is 31.6. The Kier molecular flexibility index (Phi) is 35.4. The number of nitrogens with one attached hydrogen (secondary N) is 13. The number of nitrogens with zero attached hydrogens (tertiary/aromatic N) is 3. The van der Waals surface area contributed by atoms with Crippen molar-refractivity contribution in [3.05, 3.63) is 120 Å². The molecule has 37 heteroatoms. The number of carbonyl (C=O) groups excluding carboxylic acids is 14. The summed E-state index contributed by atoms with van der Waals surface area (Å²) < 4.78 is 0. The van der Waals surface area contributed by atoms with Crippen LogP contribution in [0.1, 0.15) is 160 Å². The quantitative estimate of drug-likeness (QED) is 0.0226. The first-order chi connectivity index (χ1) is 57.3. The lowest BCUT2D eigenvalue weighted by molar-refractivity contribution is -0.144. The van der Waals surface area contributed by atoms with Gasteiger partial charge in [-0.25, -0.2) is 9.78 Å². The van der Waals surface area contributed by atoms with E-state index in [-0.39, 0.29) is 121 Å². The molecule has 2 aliphatic rings. The number of unbranched alkanes of at least 4 members (excludes halogenated alkanes) is 2. The first kappa shape index (κ1) is 93.2. The van der Waals surface area contributed by atoms with Crippen LogP contribution in [0.15, 0.2) is 97.7 Å². The Labute approximate surface area is 694 Å². The third kappa shape index (κ3) is 27.7. The average molecular weight is 1670 g/mol. The van der Waals surface area contributed by atoms with Crippen LogP contribution in [-0.4, -0.2) is 227 Å². The number of carboxylic acid groups (broad SMARTS) is 1. The first-order valence-electron chi connectivity index (χ1n) is 41.0. The van der Waals surface area contributed by atoms with E-state index >= 15 is 4.79 Å². The lowest BCUT2D eigenvalue weighted by Gasteiger charge is -2.31. The fourth-order valence-corrected chi connectivity index (χ4v) is 14.9. The van der Waals surface area contributed by atoms with Gasteiger partial charge in [0.1, 0.15) is 72.2 Å². The largest absolute Gasteiger partial charge is 0.508 e. The van der Waals surface area contributed by atoms with E-state index < -0.39 is 174 Å². The molecule has 6 aromatic rings. The maximum Gasteiger partial charge on any atom is 0.326 e. The number of phenols is 1. The van der Waals surface area contributed by atoms with Gasteiger partial charge in [-0.2, -0.15) is 0 Å². The monoisotopic (exact) mass is 1660 g/mol. The molecule has 23 N–H and O–H groups in total. The molecule has 2 saturated heterocycles. The Balaban J connectivity index is 0.926. The number of rotatable bonds is 48. The van der Waals surface area contributed by atoms with Crippen LogP contribution in [0.25, 0.3) is 21.8 Å². The zero-order valence-electron chi connectivity index (χ0n) is 68.5. The minimum absolute atomic E-state index is 0.0131.